The molecule has 3 aromatic heterocycles. The number of carbonyl (C=O) groups is 1. The highest BCUT2D eigenvalue weighted by Gasteiger charge is 2.18. The number of nitrogens with zero attached hydrogens (tertiary/aromatic N) is 4. The van der Waals surface area contributed by atoms with Gasteiger partial charge in [-0.3, -0.25) is 19.5 Å². The second kappa shape index (κ2) is 11.9. The van der Waals surface area contributed by atoms with E-state index in [4.69, 9.17) is 4.74 Å². The van der Waals surface area contributed by atoms with Crippen molar-refractivity contribution in [3.8, 4) is 0 Å². The molecule has 0 atom stereocenters. The number of ether oxygens (including phenoxy) is 1. The molecule has 0 unspecified atom stereocenters. The van der Waals surface area contributed by atoms with Gasteiger partial charge in [0.05, 0.1) is 22.9 Å². The first-order valence-corrected chi connectivity index (χ1v) is 12.3. The van der Waals surface area contributed by atoms with Crippen molar-refractivity contribution < 1.29 is 9.53 Å². The lowest BCUT2D eigenvalue weighted by molar-refractivity contribution is 0.0958. The van der Waals surface area contributed by atoms with Gasteiger partial charge in [-0.05, 0) is 49.1 Å². The van der Waals surface area contributed by atoms with E-state index in [1.165, 1.54) is 12.8 Å². The maximum Gasteiger partial charge on any atom is 0.269 e. The minimum atomic E-state index is -0.178. The fourth-order valence-corrected chi connectivity index (χ4v) is 4.28. The molecular weight excluding hydrogens is 444 g/mol. The summed E-state index contributed by atoms with van der Waals surface area (Å²) in [5.41, 5.74) is 4.88. The average molecular weight is 479 g/mol. The van der Waals surface area contributed by atoms with Crippen LogP contribution < -0.4 is 15.8 Å². The first kappa shape index (κ1) is 24.8. The third kappa shape index (κ3) is 6.43. The van der Waals surface area contributed by atoms with Crippen LogP contribution in [0.15, 0.2) is 41.5 Å². The molecule has 1 amide bonds. The summed E-state index contributed by atoms with van der Waals surface area (Å²) in [5.74, 6) is -0.178. The topological polar surface area (TPSA) is 103 Å². The Morgan fingerprint density at radius 3 is 2.46 bits per heavy atom. The van der Waals surface area contributed by atoms with Crippen molar-refractivity contribution in [1.29, 1.82) is 0 Å². The van der Waals surface area contributed by atoms with Gasteiger partial charge in [-0.25, -0.2) is 4.98 Å². The van der Waals surface area contributed by atoms with Crippen molar-refractivity contribution in [2.75, 3.05) is 51.3 Å². The number of aryl methyl sites for hydroxylation is 1. The molecule has 0 spiro atoms. The van der Waals surface area contributed by atoms with Gasteiger partial charge in [0.15, 0.2) is 0 Å². The molecule has 186 valence electrons. The molecule has 0 aliphatic carbocycles. The Morgan fingerprint density at radius 2 is 1.86 bits per heavy atom. The summed E-state index contributed by atoms with van der Waals surface area (Å²) in [6.45, 7) is 8.37. The van der Waals surface area contributed by atoms with Crippen molar-refractivity contribution in [2.45, 2.75) is 32.7 Å². The van der Waals surface area contributed by atoms with Gasteiger partial charge in [0.1, 0.15) is 5.69 Å². The minimum absolute atomic E-state index is 0.0337. The molecule has 2 fully saturated rings. The van der Waals surface area contributed by atoms with Gasteiger partial charge < -0.3 is 19.9 Å². The summed E-state index contributed by atoms with van der Waals surface area (Å²) < 4.78 is 4.94. The Hall–Kier alpha value is -3.30. The highest BCUT2D eigenvalue weighted by atomic mass is 16.5. The second-order valence-electron chi connectivity index (χ2n) is 8.82. The zero-order valence-corrected chi connectivity index (χ0v) is 20.5. The number of fused-ring (bicyclic) bond motifs is 1. The number of aromatic nitrogens is 3. The van der Waals surface area contributed by atoms with E-state index in [0.717, 1.165) is 73.8 Å². The van der Waals surface area contributed by atoms with Crippen molar-refractivity contribution in [3.63, 3.8) is 0 Å². The second-order valence-corrected chi connectivity index (χ2v) is 8.82. The zero-order valence-electron chi connectivity index (χ0n) is 20.5. The van der Waals surface area contributed by atoms with Gasteiger partial charge in [0, 0.05) is 64.7 Å². The maximum absolute atomic E-state index is 12.1. The Labute approximate surface area is 205 Å². The highest BCUT2D eigenvalue weighted by molar-refractivity contribution is 5.92. The largest absolute Gasteiger partial charge is 0.381 e. The Kier molecular flexibility index (Phi) is 8.44. The Morgan fingerprint density at radius 1 is 1.09 bits per heavy atom. The molecule has 9 heteroatoms. The number of pyridine rings is 3. The molecule has 2 aliphatic heterocycles. The summed E-state index contributed by atoms with van der Waals surface area (Å²) in [6, 6.07) is 7.60. The van der Waals surface area contributed by atoms with Crippen LogP contribution in [0.25, 0.3) is 11.0 Å². The van der Waals surface area contributed by atoms with Crippen LogP contribution in [0.4, 0.5) is 5.69 Å². The van der Waals surface area contributed by atoms with E-state index in [1.54, 1.807) is 19.3 Å². The number of rotatable bonds is 5. The fourth-order valence-electron chi connectivity index (χ4n) is 4.28. The lowest BCUT2D eigenvalue weighted by Gasteiger charge is -2.36. The maximum atomic E-state index is 12.1. The lowest BCUT2D eigenvalue weighted by Crippen LogP contribution is -2.46. The van der Waals surface area contributed by atoms with E-state index in [0.29, 0.717) is 12.1 Å². The van der Waals surface area contributed by atoms with Gasteiger partial charge in [0.25, 0.3) is 11.5 Å². The molecule has 2 N–H and O–H groups in total. The van der Waals surface area contributed by atoms with E-state index in [1.807, 2.05) is 31.3 Å². The number of aromatic amines is 1. The lowest BCUT2D eigenvalue weighted by atomic mass is 10.1. The molecule has 3 aromatic rings. The first-order chi connectivity index (χ1) is 17.1. The molecule has 2 aliphatic rings. The third-order valence-corrected chi connectivity index (χ3v) is 6.39. The molecule has 35 heavy (non-hydrogen) atoms. The standard InChI is InChI=1S/C22H26N6O2.C4H8O/c1-3-16-11-19-20(26-21(16)29)10-15(12-24-19)14-27-6-8-28(9-7-27)17-4-5-18(25-13-17)22(30)23-2;1-2-4-5-3-1/h4-5,10-13H,3,6-9,14H2,1-2H3,(H,23,30)(H,26,29);1-4H2. The van der Waals surface area contributed by atoms with Gasteiger partial charge in [-0.1, -0.05) is 6.92 Å². The normalized spacial score (nSPS) is 16.1. The Bertz CT molecular complexity index is 1170. The van der Waals surface area contributed by atoms with E-state index >= 15 is 0 Å². The van der Waals surface area contributed by atoms with Crippen LogP contribution >= 0.6 is 0 Å². The number of H-pyrrole nitrogens is 1. The number of anilines is 1. The van der Waals surface area contributed by atoms with Gasteiger partial charge in [-0.2, -0.15) is 0 Å². The van der Waals surface area contributed by atoms with Gasteiger partial charge in [0.2, 0.25) is 0 Å². The van der Waals surface area contributed by atoms with Crippen molar-refractivity contribution >= 4 is 22.6 Å². The number of carbonyl (C=O) groups excluding carboxylic acids is 1. The molecule has 0 saturated carbocycles. The summed E-state index contributed by atoms with van der Waals surface area (Å²) >= 11 is 0. The monoisotopic (exact) mass is 478 g/mol. The summed E-state index contributed by atoms with van der Waals surface area (Å²) in [6.07, 6.45) is 6.91. The molecule has 9 nitrogen and oxygen atoms in total. The van der Waals surface area contributed by atoms with Gasteiger partial charge >= 0.3 is 0 Å². The number of hydrogen-bond donors (Lipinski definition) is 2. The predicted molar refractivity (Wildman–Crippen MR) is 137 cm³/mol. The predicted octanol–water partition coefficient (Wildman–Crippen LogP) is 2.36. The number of amides is 1. The smallest absolute Gasteiger partial charge is 0.269 e. The number of hydrogen-bond acceptors (Lipinski definition) is 7. The zero-order chi connectivity index (χ0) is 24.6. The summed E-state index contributed by atoms with van der Waals surface area (Å²) in [4.78, 5) is 40.1. The van der Waals surface area contributed by atoms with E-state index in [9.17, 15) is 9.59 Å². The Balaban J connectivity index is 0.000000514. The quantitative estimate of drug-likeness (QED) is 0.580. The van der Waals surface area contributed by atoms with Crippen molar-refractivity contribution in [2.24, 2.45) is 0 Å². The van der Waals surface area contributed by atoms with E-state index in [2.05, 4.69) is 30.1 Å². The molecular formula is C26H34N6O3. The van der Waals surface area contributed by atoms with E-state index < -0.39 is 0 Å². The van der Waals surface area contributed by atoms with Crippen LogP contribution in [0.5, 0.6) is 0 Å². The van der Waals surface area contributed by atoms with Crippen LogP contribution in [0, 0.1) is 0 Å². The highest BCUT2D eigenvalue weighted by Crippen LogP contribution is 2.18. The SMILES string of the molecule is C1CCOC1.CCc1cc2ncc(CN3CCN(c4ccc(C(=O)NC)nc4)CC3)cc2[nH]c1=O. The molecule has 2 saturated heterocycles. The molecule has 5 rings (SSSR count). The first-order valence-electron chi connectivity index (χ1n) is 12.3. The van der Waals surface area contributed by atoms with Crippen LogP contribution in [0.3, 0.4) is 0 Å². The molecule has 0 aromatic carbocycles. The number of piperazine rings is 1. The van der Waals surface area contributed by atoms with Crippen LogP contribution in [0.2, 0.25) is 0 Å². The summed E-state index contributed by atoms with van der Waals surface area (Å²) in [7, 11) is 1.60. The van der Waals surface area contributed by atoms with Crippen LogP contribution in [0.1, 0.15) is 41.4 Å². The number of nitrogens with one attached hydrogen (secondary N) is 2. The van der Waals surface area contributed by atoms with Crippen molar-refractivity contribution in [1.82, 2.24) is 25.2 Å². The fraction of sp³-hybridized carbons (Fsp3) is 0.462. The molecule has 0 bridgehead atoms. The molecule has 0 radical (unpaired) electrons. The van der Waals surface area contributed by atoms with Crippen LogP contribution in [-0.4, -0.2) is 72.2 Å². The summed E-state index contributed by atoms with van der Waals surface area (Å²) in [5, 5.41) is 2.58. The third-order valence-electron chi connectivity index (χ3n) is 6.39. The van der Waals surface area contributed by atoms with E-state index in [-0.39, 0.29) is 11.5 Å². The van der Waals surface area contributed by atoms with Gasteiger partial charge in [-0.15, -0.1) is 0 Å². The average Bonchev–Trinajstić information content (AvgIpc) is 3.49. The molecule has 5 heterocycles. The van der Waals surface area contributed by atoms with Crippen LogP contribution in [-0.2, 0) is 17.7 Å². The van der Waals surface area contributed by atoms with Crippen molar-refractivity contribution in [3.05, 3.63) is 63.8 Å². The minimum Gasteiger partial charge on any atom is -0.381 e.